The second-order valence-corrected chi connectivity index (χ2v) is 8.78. The first-order valence-corrected chi connectivity index (χ1v) is 11.5. The van der Waals surface area contributed by atoms with Crippen molar-refractivity contribution in [1.29, 1.82) is 0 Å². The Labute approximate surface area is 210 Å². The van der Waals surface area contributed by atoms with Crippen molar-refractivity contribution in [3.63, 3.8) is 0 Å². The Morgan fingerprint density at radius 1 is 1.14 bits per heavy atom. The predicted molar refractivity (Wildman–Crippen MR) is 130 cm³/mol. The van der Waals surface area contributed by atoms with Crippen LogP contribution >= 0.6 is 23.7 Å². The van der Waals surface area contributed by atoms with Crippen LogP contribution in [0.1, 0.15) is 5.56 Å². The van der Waals surface area contributed by atoms with Crippen LogP contribution in [-0.2, 0) is 9.53 Å². The molecule has 2 aromatic carbocycles. The summed E-state index contributed by atoms with van der Waals surface area (Å²) in [5, 5.41) is 0.393. The van der Waals surface area contributed by atoms with E-state index >= 15 is 0 Å². The number of alkyl halides is 3. The van der Waals surface area contributed by atoms with Gasteiger partial charge in [-0.1, -0.05) is 29.0 Å². The number of aromatic nitrogens is 1. The molecular weight excluding hydrogens is 507 g/mol. The molecule has 0 saturated carbocycles. The maximum Gasteiger partial charge on any atom is 0.573 e. The zero-order chi connectivity index (χ0) is 24.1. The van der Waals surface area contributed by atoms with Gasteiger partial charge in [0.05, 0.1) is 23.4 Å². The van der Waals surface area contributed by atoms with Gasteiger partial charge in [-0.25, -0.2) is 4.98 Å². The van der Waals surface area contributed by atoms with Crippen molar-refractivity contribution in [1.82, 2.24) is 9.88 Å². The summed E-state index contributed by atoms with van der Waals surface area (Å²) in [4.78, 5) is 21.3. The first-order valence-electron chi connectivity index (χ1n) is 10.7. The van der Waals surface area contributed by atoms with Gasteiger partial charge in [-0.05, 0) is 31.2 Å². The van der Waals surface area contributed by atoms with Crippen molar-refractivity contribution in [2.75, 3.05) is 50.9 Å². The topological polar surface area (TPSA) is 64.1 Å². The van der Waals surface area contributed by atoms with Gasteiger partial charge in [0.1, 0.15) is 11.5 Å². The SMILES string of the molecule is Cc1ccc(OCC(=O)N(CCN2CCOCC2)c2nc3ccc(OC(F)(F)F)cc3s2)cc1.Cl. The Bertz CT molecular complexity index is 1120. The smallest absolute Gasteiger partial charge is 0.484 e. The highest BCUT2D eigenvalue weighted by Crippen LogP contribution is 2.33. The second kappa shape index (κ2) is 11.9. The number of nitrogens with zero attached hydrogens (tertiary/aromatic N) is 3. The van der Waals surface area contributed by atoms with Gasteiger partial charge in [0.15, 0.2) is 11.7 Å². The molecule has 7 nitrogen and oxygen atoms in total. The van der Waals surface area contributed by atoms with Gasteiger partial charge >= 0.3 is 6.36 Å². The molecule has 35 heavy (non-hydrogen) atoms. The molecule has 0 bridgehead atoms. The fourth-order valence-corrected chi connectivity index (χ4v) is 4.49. The van der Waals surface area contributed by atoms with E-state index in [0.717, 1.165) is 30.0 Å². The average Bonchev–Trinajstić information content (AvgIpc) is 3.21. The first-order chi connectivity index (χ1) is 16.3. The molecule has 0 N–H and O–H groups in total. The second-order valence-electron chi connectivity index (χ2n) is 7.77. The third kappa shape index (κ3) is 7.69. The van der Waals surface area contributed by atoms with E-state index in [1.807, 2.05) is 19.1 Å². The highest BCUT2D eigenvalue weighted by molar-refractivity contribution is 7.22. The summed E-state index contributed by atoms with van der Waals surface area (Å²) in [7, 11) is 0. The first kappa shape index (κ1) is 27.0. The van der Waals surface area contributed by atoms with Gasteiger partial charge in [-0.2, -0.15) is 0 Å². The number of halogens is 4. The summed E-state index contributed by atoms with van der Waals surface area (Å²) in [5.74, 6) is -0.0472. The van der Waals surface area contributed by atoms with Crippen LogP contribution in [-0.4, -0.2) is 68.2 Å². The molecule has 1 aliphatic heterocycles. The standard InChI is InChI=1S/C23H24F3N3O4S.ClH/c1-16-2-4-17(5-3-16)32-15-21(30)29(9-8-28-10-12-31-13-11-28)22-27-19-7-6-18(14-20(19)34-22)33-23(24,25)26;/h2-7,14H,8-13,15H2,1H3;1H. The maximum absolute atomic E-state index is 13.1. The number of carbonyl (C=O) groups is 1. The van der Waals surface area contributed by atoms with Crippen LogP contribution in [0.15, 0.2) is 42.5 Å². The largest absolute Gasteiger partial charge is 0.573 e. The number of ether oxygens (including phenoxy) is 3. The summed E-state index contributed by atoms with van der Waals surface area (Å²) in [5.41, 5.74) is 1.56. The fourth-order valence-electron chi connectivity index (χ4n) is 3.46. The lowest BCUT2D eigenvalue weighted by Crippen LogP contribution is -2.44. The molecule has 1 aliphatic rings. The minimum atomic E-state index is -4.78. The molecule has 0 unspecified atom stereocenters. The molecule has 0 spiro atoms. The van der Waals surface area contributed by atoms with Crippen LogP contribution in [0.25, 0.3) is 10.2 Å². The summed E-state index contributed by atoms with van der Waals surface area (Å²) >= 11 is 1.13. The lowest BCUT2D eigenvalue weighted by Gasteiger charge is -2.29. The van der Waals surface area contributed by atoms with E-state index in [9.17, 15) is 18.0 Å². The summed E-state index contributed by atoms with van der Waals surface area (Å²) in [6, 6.07) is 11.3. The number of rotatable bonds is 8. The van der Waals surface area contributed by atoms with E-state index in [1.54, 1.807) is 12.1 Å². The van der Waals surface area contributed by atoms with E-state index in [1.165, 1.54) is 23.1 Å². The number of hydrogen-bond donors (Lipinski definition) is 0. The fraction of sp³-hybridized carbons (Fsp3) is 0.391. The predicted octanol–water partition coefficient (Wildman–Crippen LogP) is 4.67. The quantitative estimate of drug-likeness (QED) is 0.421. The van der Waals surface area contributed by atoms with E-state index in [-0.39, 0.29) is 30.7 Å². The van der Waals surface area contributed by atoms with Crippen LogP contribution in [0.4, 0.5) is 18.3 Å². The van der Waals surface area contributed by atoms with Crippen LogP contribution in [0, 0.1) is 6.92 Å². The van der Waals surface area contributed by atoms with Crippen LogP contribution in [0.2, 0.25) is 0 Å². The third-order valence-electron chi connectivity index (χ3n) is 5.24. The molecule has 4 rings (SSSR count). The Morgan fingerprint density at radius 2 is 1.83 bits per heavy atom. The van der Waals surface area contributed by atoms with Gasteiger partial charge < -0.3 is 14.2 Å². The molecule has 12 heteroatoms. The van der Waals surface area contributed by atoms with E-state index in [4.69, 9.17) is 9.47 Å². The molecule has 2 heterocycles. The molecule has 0 radical (unpaired) electrons. The Morgan fingerprint density at radius 3 is 2.51 bits per heavy atom. The van der Waals surface area contributed by atoms with E-state index in [2.05, 4.69) is 14.6 Å². The molecule has 1 aromatic heterocycles. The number of fused-ring (bicyclic) bond motifs is 1. The Balaban J connectivity index is 0.00000342. The van der Waals surface area contributed by atoms with Crippen molar-refractivity contribution in [3.05, 3.63) is 48.0 Å². The summed E-state index contributed by atoms with van der Waals surface area (Å²) in [6.07, 6.45) is -4.78. The third-order valence-corrected chi connectivity index (χ3v) is 6.28. The normalized spacial score (nSPS) is 14.4. The summed E-state index contributed by atoms with van der Waals surface area (Å²) < 4.78 is 53.3. The van der Waals surface area contributed by atoms with Crippen molar-refractivity contribution >= 4 is 45.0 Å². The van der Waals surface area contributed by atoms with E-state index < -0.39 is 6.36 Å². The molecule has 190 valence electrons. The molecule has 1 saturated heterocycles. The zero-order valence-electron chi connectivity index (χ0n) is 18.9. The van der Waals surface area contributed by atoms with Crippen LogP contribution < -0.4 is 14.4 Å². The van der Waals surface area contributed by atoms with Gasteiger partial charge in [0, 0.05) is 32.2 Å². The highest BCUT2D eigenvalue weighted by Gasteiger charge is 2.31. The molecule has 0 aliphatic carbocycles. The number of hydrogen-bond acceptors (Lipinski definition) is 7. The number of aryl methyl sites for hydroxylation is 1. The number of carbonyl (C=O) groups excluding carboxylic acids is 1. The molecule has 1 fully saturated rings. The Kier molecular flexibility index (Phi) is 9.17. The van der Waals surface area contributed by atoms with Gasteiger partial charge in [-0.15, -0.1) is 25.6 Å². The lowest BCUT2D eigenvalue weighted by molar-refractivity contribution is -0.274. The maximum atomic E-state index is 13.1. The molecule has 3 aromatic rings. The summed E-state index contributed by atoms with van der Waals surface area (Å²) in [6.45, 7) is 5.53. The lowest BCUT2D eigenvalue weighted by atomic mass is 10.2. The van der Waals surface area contributed by atoms with Crippen molar-refractivity contribution in [2.24, 2.45) is 0 Å². The number of amides is 1. The van der Waals surface area contributed by atoms with Crippen molar-refractivity contribution < 1.29 is 32.2 Å². The zero-order valence-corrected chi connectivity index (χ0v) is 20.5. The minimum absolute atomic E-state index is 0. The Hall–Kier alpha value is -2.60. The van der Waals surface area contributed by atoms with Crippen molar-refractivity contribution in [3.8, 4) is 11.5 Å². The van der Waals surface area contributed by atoms with E-state index in [0.29, 0.717) is 47.4 Å². The number of thiazole rings is 1. The van der Waals surface area contributed by atoms with Crippen molar-refractivity contribution in [2.45, 2.75) is 13.3 Å². The number of anilines is 1. The molecule has 1 amide bonds. The minimum Gasteiger partial charge on any atom is -0.484 e. The average molecular weight is 532 g/mol. The molecular formula is C23H25ClF3N3O4S. The molecule has 0 atom stereocenters. The van der Waals surface area contributed by atoms with Gasteiger partial charge in [0.25, 0.3) is 5.91 Å². The number of morpholine rings is 1. The highest BCUT2D eigenvalue weighted by atomic mass is 35.5. The van der Waals surface area contributed by atoms with Gasteiger partial charge in [0.2, 0.25) is 0 Å². The van der Waals surface area contributed by atoms with Crippen LogP contribution in [0.5, 0.6) is 11.5 Å². The van der Waals surface area contributed by atoms with Gasteiger partial charge in [-0.3, -0.25) is 14.6 Å². The number of benzene rings is 2. The van der Waals surface area contributed by atoms with Crippen LogP contribution in [0.3, 0.4) is 0 Å². The monoisotopic (exact) mass is 531 g/mol.